The van der Waals surface area contributed by atoms with E-state index in [2.05, 4.69) is 11.9 Å². The van der Waals surface area contributed by atoms with E-state index in [1.54, 1.807) is 25.3 Å². The molecular formula is C30H30N2O5. The molecule has 1 unspecified atom stereocenters. The van der Waals surface area contributed by atoms with Crippen molar-refractivity contribution in [3.05, 3.63) is 93.0 Å². The highest BCUT2D eigenvalue weighted by molar-refractivity contribution is 6.10. The number of benzene rings is 2. The molecule has 0 spiro atoms. The number of carbonyl (C=O) groups excluding carboxylic acids is 1. The zero-order valence-corrected chi connectivity index (χ0v) is 21.5. The Labute approximate surface area is 215 Å². The third-order valence-corrected chi connectivity index (χ3v) is 6.65. The highest BCUT2D eigenvalue weighted by Gasteiger charge is 2.44. The molecule has 0 radical (unpaired) electrons. The first kappa shape index (κ1) is 24.6. The lowest BCUT2D eigenvalue weighted by Crippen LogP contribution is -2.30. The van der Waals surface area contributed by atoms with Gasteiger partial charge in [-0.1, -0.05) is 43.5 Å². The average Bonchev–Trinajstić information content (AvgIpc) is 3.19. The first-order valence-electron chi connectivity index (χ1n) is 12.6. The van der Waals surface area contributed by atoms with Gasteiger partial charge in [-0.05, 0) is 62.2 Å². The van der Waals surface area contributed by atoms with Gasteiger partial charge < -0.3 is 13.9 Å². The normalized spacial score (nSPS) is 14.8. The number of hydrogen-bond acceptors (Lipinski definition) is 6. The molecule has 37 heavy (non-hydrogen) atoms. The van der Waals surface area contributed by atoms with Gasteiger partial charge in [-0.2, -0.15) is 0 Å². The van der Waals surface area contributed by atoms with E-state index >= 15 is 0 Å². The van der Waals surface area contributed by atoms with Crippen molar-refractivity contribution in [2.24, 2.45) is 0 Å². The maximum absolute atomic E-state index is 13.9. The van der Waals surface area contributed by atoms with E-state index in [0.29, 0.717) is 46.0 Å². The molecule has 190 valence electrons. The average molecular weight is 499 g/mol. The third-order valence-electron chi connectivity index (χ3n) is 6.65. The monoisotopic (exact) mass is 498 g/mol. The molecule has 2 aromatic carbocycles. The Hall–Kier alpha value is -4.13. The Kier molecular flexibility index (Phi) is 6.70. The molecule has 0 saturated heterocycles. The second kappa shape index (κ2) is 10.1. The Morgan fingerprint density at radius 3 is 2.59 bits per heavy atom. The zero-order valence-electron chi connectivity index (χ0n) is 21.5. The summed E-state index contributed by atoms with van der Waals surface area (Å²) in [5, 5.41) is 0.443. The number of ether oxygens (including phenoxy) is 2. The molecule has 7 heteroatoms. The number of methoxy groups -OCH3 is 1. The molecule has 5 rings (SSSR count). The number of rotatable bonds is 8. The minimum Gasteiger partial charge on any atom is -0.493 e. The maximum atomic E-state index is 13.9. The van der Waals surface area contributed by atoms with Gasteiger partial charge in [0.1, 0.15) is 11.4 Å². The number of fused-ring (bicyclic) bond motifs is 2. The molecule has 4 aromatic rings. The highest BCUT2D eigenvalue weighted by Crippen LogP contribution is 2.42. The van der Waals surface area contributed by atoms with E-state index in [0.717, 1.165) is 30.5 Å². The number of unbranched alkanes of at least 4 members (excludes halogenated alkanes) is 2. The number of hydrogen-bond donors (Lipinski definition) is 0. The van der Waals surface area contributed by atoms with Gasteiger partial charge in [0.25, 0.3) is 5.91 Å². The lowest BCUT2D eigenvalue weighted by molar-refractivity contribution is 0.0970. The first-order chi connectivity index (χ1) is 17.9. The van der Waals surface area contributed by atoms with E-state index < -0.39 is 11.9 Å². The summed E-state index contributed by atoms with van der Waals surface area (Å²) in [6, 6.07) is 15.6. The molecule has 0 saturated carbocycles. The van der Waals surface area contributed by atoms with Crippen LogP contribution >= 0.6 is 0 Å². The number of pyridine rings is 1. The smallest absolute Gasteiger partial charge is 0.296 e. The number of anilines is 1. The second-order valence-corrected chi connectivity index (χ2v) is 9.35. The lowest BCUT2D eigenvalue weighted by atomic mass is 9.97. The summed E-state index contributed by atoms with van der Waals surface area (Å²) in [5.41, 5.74) is 2.84. The van der Waals surface area contributed by atoms with Gasteiger partial charge in [-0.15, -0.1) is 0 Å². The molecule has 0 N–H and O–H groups in total. The standard InChI is InChI=1S/C30H30N2O5/c1-5-6-7-15-36-23-14-12-20(17-24(23)35-4)27-26-28(33)21-16-18(2)11-13-22(21)37-29(26)30(34)32(27)25-10-8-9-19(3)31-25/h8-14,16-17,27H,5-7,15H2,1-4H3. The van der Waals surface area contributed by atoms with Gasteiger partial charge in [0, 0.05) is 5.69 Å². The minimum atomic E-state index is -0.735. The molecule has 1 atom stereocenters. The van der Waals surface area contributed by atoms with Crippen LogP contribution in [0.25, 0.3) is 11.0 Å². The third kappa shape index (κ3) is 4.46. The Balaban J connectivity index is 1.68. The molecule has 0 aliphatic carbocycles. The number of aromatic nitrogens is 1. The van der Waals surface area contributed by atoms with E-state index in [1.165, 1.54) is 4.90 Å². The van der Waals surface area contributed by atoms with Gasteiger partial charge in [0.05, 0.1) is 30.7 Å². The number of carbonyl (C=O) groups is 1. The molecule has 1 aliphatic rings. The van der Waals surface area contributed by atoms with Crippen LogP contribution < -0.4 is 19.8 Å². The molecule has 7 nitrogen and oxygen atoms in total. The van der Waals surface area contributed by atoms with E-state index in [9.17, 15) is 9.59 Å². The maximum Gasteiger partial charge on any atom is 0.296 e. The summed E-state index contributed by atoms with van der Waals surface area (Å²) >= 11 is 0. The van der Waals surface area contributed by atoms with Gasteiger partial charge in [0.15, 0.2) is 16.9 Å². The number of amides is 1. The zero-order chi connectivity index (χ0) is 26.1. The van der Waals surface area contributed by atoms with Crippen LogP contribution in [0.4, 0.5) is 5.82 Å². The van der Waals surface area contributed by atoms with E-state index in [4.69, 9.17) is 13.9 Å². The Morgan fingerprint density at radius 1 is 1.00 bits per heavy atom. The van der Waals surface area contributed by atoms with Crippen LogP contribution in [-0.4, -0.2) is 24.6 Å². The Bertz CT molecular complexity index is 1540. The summed E-state index contributed by atoms with van der Waals surface area (Å²) in [5.74, 6) is 1.23. The van der Waals surface area contributed by atoms with Crippen molar-refractivity contribution in [1.29, 1.82) is 0 Å². The van der Waals surface area contributed by atoms with Crippen LogP contribution in [0.2, 0.25) is 0 Å². The van der Waals surface area contributed by atoms with Crippen molar-refractivity contribution in [3.63, 3.8) is 0 Å². The molecule has 1 aliphatic heterocycles. The summed E-state index contributed by atoms with van der Waals surface area (Å²) in [7, 11) is 1.58. The van der Waals surface area contributed by atoms with Gasteiger partial charge >= 0.3 is 0 Å². The van der Waals surface area contributed by atoms with Gasteiger partial charge in [-0.25, -0.2) is 4.98 Å². The van der Waals surface area contributed by atoms with E-state index in [1.807, 2.05) is 50.2 Å². The first-order valence-corrected chi connectivity index (χ1v) is 12.6. The van der Waals surface area contributed by atoms with Crippen molar-refractivity contribution in [2.45, 2.75) is 46.1 Å². The van der Waals surface area contributed by atoms with Crippen molar-refractivity contribution >= 4 is 22.7 Å². The van der Waals surface area contributed by atoms with Gasteiger partial charge in [-0.3, -0.25) is 14.5 Å². The van der Waals surface area contributed by atoms with Crippen LogP contribution in [0.1, 0.15) is 65.2 Å². The predicted octanol–water partition coefficient (Wildman–Crippen LogP) is 6.13. The molecule has 2 aromatic heterocycles. The van der Waals surface area contributed by atoms with E-state index in [-0.39, 0.29) is 11.2 Å². The fraction of sp³-hybridized carbons (Fsp3) is 0.300. The number of aryl methyl sites for hydroxylation is 2. The molecule has 3 heterocycles. The highest BCUT2D eigenvalue weighted by atomic mass is 16.5. The summed E-state index contributed by atoms with van der Waals surface area (Å²) in [6.07, 6.45) is 3.14. The molecule has 0 bridgehead atoms. The second-order valence-electron chi connectivity index (χ2n) is 9.35. The van der Waals surface area contributed by atoms with Crippen molar-refractivity contribution in [1.82, 2.24) is 4.98 Å². The lowest BCUT2D eigenvalue weighted by Gasteiger charge is -2.25. The van der Waals surface area contributed by atoms with Crippen LogP contribution in [0.3, 0.4) is 0 Å². The van der Waals surface area contributed by atoms with Gasteiger partial charge in [0.2, 0.25) is 5.76 Å². The van der Waals surface area contributed by atoms with Crippen LogP contribution in [0.15, 0.2) is 63.8 Å². The summed E-state index contributed by atoms with van der Waals surface area (Å²) in [4.78, 5) is 33.8. The minimum absolute atomic E-state index is 0.0357. The molecular weight excluding hydrogens is 468 g/mol. The largest absolute Gasteiger partial charge is 0.493 e. The summed E-state index contributed by atoms with van der Waals surface area (Å²) in [6.45, 7) is 6.51. The number of nitrogens with zero attached hydrogens (tertiary/aromatic N) is 2. The van der Waals surface area contributed by atoms with Crippen molar-refractivity contribution < 1.29 is 18.7 Å². The van der Waals surface area contributed by atoms with Crippen LogP contribution in [-0.2, 0) is 0 Å². The topological polar surface area (TPSA) is 81.9 Å². The molecule has 0 fully saturated rings. The quantitative estimate of drug-likeness (QED) is 0.272. The van der Waals surface area contributed by atoms with Crippen molar-refractivity contribution in [2.75, 3.05) is 18.6 Å². The fourth-order valence-electron chi connectivity index (χ4n) is 4.81. The predicted molar refractivity (Wildman–Crippen MR) is 143 cm³/mol. The van der Waals surface area contributed by atoms with Crippen LogP contribution in [0.5, 0.6) is 11.5 Å². The SMILES string of the molecule is CCCCCOc1ccc(C2c3c(oc4ccc(C)cc4c3=O)C(=O)N2c2cccc(C)n2)cc1OC. The van der Waals surface area contributed by atoms with Crippen LogP contribution in [0, 0.1) is 13.8 Å². The Morgan fingerprint density at radius 2 is 1.84 bits per heavy atom. The molecule has 1 amide bonds. The van der Waals surface area contributed by atoms with Crippen molar-refractivity contribution in [3.8, 4) is 11.5 Å². The fourth-order valence-corrected chi connectivity index (χ4v) is 4.81. The summed E-state index contributed by atoms with van der Waals surface area (Å²) < 4.78 is 17.7.